The van der Waals surface area contributed by atoms with Gasteiger partial charge >= 0.3 is 31.3 Å². The van der Waals surface area contributed by atoms with Crippen LogP contribution >= 0.6 is 0 Å². The van der Waals surface area contributed by atoms with Gasteiger partial charge in [-0.05, 0) is 12.1 Å². The number of alkyl halides is 6. The Morgan fingerprint density at radius 3 is 1.67 bits per heavy atom. The van der Waals surface area contributed by atoms with Gasteiger partial charge in [-0.15, -0.1) is 8.78 Å². The van der Waals surface area contributed by atoms with Crippen LogP contribution in [0.2, 0.25) is 19.6 Å². The summed E-state index contributed by atoms with van der Waals surface area (Å²) in [6.07, 6.45) is -5.45. The summed E-state index contributed by atoms with van der Waals surface area (Å²) in [6, 6.07) is 6.16. The average molecular weight is 395 g/mol. The highest BCUT2D eigenvalue weighted by molar-refractivity contribution is 6.88. The first-order chi connectivity index (χ1) is 7.93. The SMILES string of the molecule is C[Si](C)(C)c1ccc([I+]C(F)(F)C(F)(F)F)cc1. The smallest absolute Gasteiger partial charge is 0.161 e. The van der Waals surface area contributed by atoms with Crippen LogP contribution in [-0.2, 0) is 0 Å². The summed E-state index contributed by atoms with van der Waals surface area (Å²) in [4.78, 5) is 0. The number of halogens is 6. The molecule has 1 rings (SSSR count). The lowest BCUT2D eigenvalue weighted by Crippen LogP contribution is -3.68. The molecule has 7 heteroatoms. The van der Waals surface area contributed by atoms with E-state index < -0.39 is 39.4 Å². The fourth-order valence-electron chi connectivity index (χ4n) is 1.20. The lowest BCUT2D eigenvalue weighted by Gasteiger charge is -2.15. The minimum Gasteiger partial charge on any atom is -0.161 e. The van der Waals surface area contributed by atoms with Gasteiger partial charge in [0.2, 0.25) is 0 Å². The summed E-state index contributed by atoms with van der Waals surface area (Å²) in [5.41, 5.74) is 0. The van der Waals surface area contributed by atoms with Gasteiger partial charge in [-0.2, -0.15) is 13.2 Å². The summed E-state index contributed by atoms with van der Waals surface area (Å²) < 4.78 is 57.5. The van der Waals surface area contributed by atoms with Crippen LogP contribution < -0.4 is 26.4 Å². The van der Waals surface area contributed by atoms with E-state index in [0.717, 1.165) is 5.19 Å². The van der Waals surface area contributed by atoms with E-state index in [1.54, 1.807) is 12.1 Å². The standard InChI is InChI=1S/C11H13F5ISi/c1-18(2,3)9-6-4-8(5-7-9)17-11(15,16)10(12,13)14/h4-7H,1-3H3/q+1. The molecule has 0 aliphatic heterocycles. The fourth-order valence-corrected chi connectivity index (χ4v) is 4.18. The number of rotatable bonds is 3. The number of hydrogen-bond donors (Lipinski definition) is 0. The zero-order chi connectivity index (χ0) is 14.2. The van der Waals surface area contributed by atoms with E-state index in [9.17, 15) is 22.0 Å². The maximum Gasteiger partial charge on any atom is 0.543 e. The molecule has 0 heterocycles. The van der Waals surface area contributed by atoms with Crippen LogP contribution in [0.25, 0.3) is 0 Å². The van der Waals surface area contributed by atoms with Gasteiger partial charge in [0.1, 0.15) is 0 Å². The Morgan fingerprint density at radius 2 is 1.33 bits per heavy atom. The third-order valence-electron chi connectivity index (χ3n) is 2.26. The zero-order valence-corrected chi connectivity index (χ0v) is 13.2. The molecule has 0 atom stereocenters. The molecule has 1 aromatic rings. The summed E-state index contributed by atoms with van der Waals surface area (Å²) >= 11 is -2.40. The second kappa shape index (κ2) is 5.07. The third kappa shape index (κ3) is 3.91. The van der Waals surface area contributed by atoms with Crippen LogP contribution in [0, 0.1) is 3.57 Å². The maximum atomic E-state index is 12.9. The minimum atomic E-state index is -5.45. The highest BCUT2D eigenvalue weighted by atomic mass is 127. The fraction of sp³-hybridized carbons (Fsp3) is 0.455. The molecule has 0 aliphatic carbocycles. The Bertz CT molecular complexity index is 405. The van der Waals surface area contributed by atoms with Gasteiger partial charge < -0.3 is 0 Å². The normalized spacial score (nSPS) is 13.8. The Balaban J connectivity index is 2.89. The molecule has 0 unspecified atom stereocenters. The van der Waals surface area contributed by atoms with Crippen LogP contribution in [-0.4, -0.2) is 18.2 Å². The molecule has 1 aromatic carbocycles. The Morgan fingerprint density at radius 1 is 0.889 bits per heavy atom. The van der Waals surface area contributed by atoms with Crippen molar-refractivity contribution in [1.29, 1.82) is 0 Å². The van der Waals surface area contributed by atoms with E-state index in [1.165, 1.54) is 12.1 Å². The van der Waals surface area contributed by atoms with Crippen molar-refractivity contribution in [3.63, 3.8) is 0 Å². The zero-order valence-electron chi connectivity index (χ0n) is 10.1. The molecule has 0 N–H and O–H groups in total. The molecule has 0 saturated heterocycles. The van der Waals surface area contributed by atoms with Crippen molar-refractivity contribution in [3.8, 4) is 0 Å². The van der Waals surface area contributed by atoms with E-state index >= 15 is 0 Å². The molecule has 0 radical (unpaired) electrons. The van der Waals surface area contributed by atoms with Crippen molar-refractivity contribution in [3.05, 3.63) is 27.8 Å². The molecule has 0 bridgehead atoms. The van der Waals surface area contributed by atoms with Crippen molar-refractivity contribution in [2.75, 3.05) is 0 Å². The Labute approximate surface area is 114 Å². The highest BCUT2D eigenvalue weighted by Gasteiger charge is 2.70. The molecule has 18 heavy (non-hydrogen) atoms. The first-order valence-corrected chi connectivity index (χ1v) is 10.8. The molecule has 0 amide bonds. The number of benzene rings is 1. The van der Waals surface area contributed by atoms with E-state index in [0.29, 0.717) is 0 Å². The van der Waals surface area contributed by atoms with Crippen molar-refractivity contribution < 1.29 is 43.2 Å². The van der Waals surface area contributed by atoms with Crippen LogP contribution in [0.4, 0.5) is 22.0 Å². The molecule has 0 spiro atoms. The van der Waals surface area contributed by atoms with Gasteiger partial charge in [0, 0.05) is 0 Å². The summed E-state index contributed by atoms with van der Waals surface area (Å²) in [7, 11) is -1.55. The molecule has 102 valence electrons. The lowest BCUT2D eigenvalue weighted by atomic mass is 10.4. The van der Waals surface area contributed by atoms with Crippen molar-refractivity contribution >= 4 is 13.3 Å². The van der Waals surface area contributed by atoms with Crippen molar-refractivity contribution in [2.24, 2.45) is 0 Å². The van der Waals surface area contributed by atoms with E-state index in [-0.39, 0.29) is 3.57 Å². The largest absolute Gasteiger partial charge is 0.543 e. The second-order valence-electron chi connectivity index (χ2n) is 4.85. The van der Waals surface area contributed by atoms with Crippen LogP contribution in [0.3, 0.4) is 0 Å². The molecule has 0 aromatic heterocycles. The Hall–Kier alpha value is -0.183. The summed E-state index contributed by atoms with van der Waals surface area (Å²) in [5, 5.41) is 1.05. The van der Waals surface area contributed by atoms with Crippen LogP contribution in [0.1, 0.15) is 0 Å². The molecular weight excluding hydrogens is 382 g/mol. The molecule has 0 fully saturated rings. The minimum absolute atomic E-state index is 0.109. The van der Waals surface area contributed by atoms with Gasteiger partial charge in [-0.1, -0.05) is 37.0 Å². The van der Waals surface area contributed by atoms with Crippen molar-refractivity contribution in [2.45, 2.75) is 29.7 Å². The van der Waals surface area contributed by atoms with E-state index in [1.807, 2.05) is 0 Å². The van der Waals surface area contributed by atoms with Gasteiger partial charge in [-0.25, -0.2) is 0 Å². The van der Waals surface area contributed by atoms with Crippen LogP contribution in [0.5, 0.6) is 0 Å². The lowest BCUT2D eigenvalue weighted by molar-refractivity contribution is -0.791. The quantitative estimate of drug-likeness (QED) is 0.305. The van der Waals surface area contributed by atoms with Crippen molar-refractivity contribution in [1.82, 2.24) is 0 Å². The number of hydrogen-bond acceptors (Lipinski definition) is 0. The highest BCUT2D eigenvalue weighted by Crippen LogP contribution is 2.27. The van der Waals surface area contributed by atoms with Gasteiger partial charge in [-0.3, -0.25) is 0 Å². The first-order valence-electron chi connectivity index (χ1n) is 5.14. The van der Waals surface area contributed by atoms with E-state index in [4.69, 9.17) is 0 Å². The maximum absolute atomic E-state index is 12.9. The third-order valence-corrected chi connectivity index (χ3v) is 6.96. The summed E-state index contributed by atoms with van der Waals surface area (Å²) in [6.45, 7) is 6.25. The predicted molar refractivity (Wildman–Crippen MR) is 59.1 cm³/mol. The molecule has 0 nitrogen and oxygen atoms in total. The Kier molecular flexibility index (Phi) is 4.47. The monoisotopic (exact) mass is 395 g/mol. The predicted octanol–water partition coefficient (Wildman–Crippen LogP) is 0.645. The average Bonchev–Trinajstić information content (AvgIpc) is 2.14. The molecule has 0 aliphatic rings. The topological polar surface area (TPSA) is 0 Å². The molecule has 0 saturated carbocycles. The van der Waals surface area contributed by atoms with Crippen LogP contribution in [0.15, 0.2) is 24.3 Å². The van der Waals surface area contributed by atoms with Gasteiger partial charge in [0.25, 0.3) is 0 Å². The van der Waals surface area contributed by atoms with Gasteiger partial charge in [0.15, 0.2) is 3.57 Å². The summed E-state index contributed by atoms with van der Waals surface area (Å²) in [5.74, 6) is 0. The van der Waals surface area contributed by atoms with Gasteiger partial charge in [0.05, 0.1) is 8.07 Å². The second-order valence-corrected chi connectivity index (χ2v) is 13.1. The van der Waals surface area contributed by atoms with E-state index in [2.05, 4.69) is 19.6 Å². The molecular formula is C11H13F5ISi+. The first kappa shape index (κ1) is 15.9.